The molecule has 0 spiro atoms. The number of tetrazole rings is 1. The number of aromatic nitrogens is 4. The van der Waals surface area contributed by atoms with E-state index >= 15 is 0 Å². The van der Waals surface area contributed by atoms with Gasteiger partial charge in [-0.2, -0.15) is 4.80 Å². The highest BCUT2D eigenvalue weighted by Gasteiger charge is 2.31. The highest BCUT2D eigenvalue weighted by Crippen LogP contribution is 2.22. The average Bonchev–Trinajstić information content (AvgIpc) is 3.18. The van der Waals surface area contributed by atoms with Crippen LogP contribution in [0.1, 0.15) is 32.7 Å². The first-order valence-electron chi connectivity index (χ1n) is 9.00. The molecule has 1 saturated heterocycles. The Balaban J connectivity index is 1.61. The van der Waals surface area contributed by atoms with Crippen molar-refractivity contribution < 1.29 is 14.3 Å². The minimum absolute atomic E-state index is 0.0858. The van der Waals surface area contributed by atoms with Crippen LogP contribution in [0.2, 0.25) is 5.02 Å². The van der Waals surface area contributed by atoms with Gasteiger partial charge < -0.3 is 9.64 Å². The fraction of sp³-hybridized carbons (Fsp3) is 0.500. The molecule has 3 rings (SSSR count). The summed E-state index contributed by atoms with van der Waals surface area (Å²) in [5.74, 6) is 0.0400. The van der Waals surface area contributed by atoms with Gasteiger partial charge in [0, 0.05) is 23.7 Å². The molecule has 1 unspecified atom stereocenters. The molecule has 1 fully saturated rings. The van der Waals surface area contributed by atoms with Crippen molar-refractivity contribution in [3.8, 4) is 11.4 Å². The molecular formula is C18H22ClN5O3. The Morgan fingerprint density at radius 2 is 1.93 bits per heavy atom. The van der Waals surface area contributed by atoms with Gasteiger partial charge in [-0.3, -0.25) is 9.59 Å². The first kappa shape index (κ1) is 19.3. The summed E-state index contributed by atoms with van der Waals surface area (Å²) < 4.78 is 5.06. The summed E-state index contributed by atoms with van der Waals surface area (Å²) in [7, 11) is 0. The quantitative estimate of drug-likeness (QED) is 0.727. The number of benzene rings is 1. The van der Waals surface area contributed by atoms with Crippen LogP contribution in [0.5, 0.6) is 0 Å². The Bertz CT molecular complexity index is 800. The third-order valence-corrected chi connectivity index (χ3v) is 4.91. The van der Waals surface area contributed by atoms with Crippen LogP contribution in [0, 0.1) is 5.92 Å². The lowest BCUT2D eigenvalue weighted by Crippen LogP contribution is -2.43. The van der Waals surface area contributed by atoms with Crippen molar-refractivity contribution in [3.05, 3.63) is 29.3 Å². The first-order valence-corrected chi connectivity index (χ1v) is 9.38. The molecule has 1 aromatic carbocycles. The number of likely N-dealkylation sites (tertiary alicyclic amines) is 1. The zero-order valence-corrected chi connectivity index (χ0v) is 16.1. The lowest BCUT2D eigenvalue weighted by Gasteiger charge is -2.32. The van der Waals surface area contributed by atoms with Crippen LogP contribution in [-0.4, -0.2) is 56.7 Å². The predicted octanol–water partition coefficient (Wildman–Crippen LogP) is 2.36. The average molecular weight is 392 g/mol. The maximum absolute atomic E-state index is 12.8. The fourth-order valence-electron chi connectivity index (χ4n) is 3.06. The van der Waals surface area contributed by atoms with Crippen LogP contribution in [0.4, 0.5) is 0 Å². The number of nitrogens with zero attached hydrogens (tertiary/aromatic N) is 5. The number of esters is 1. The maximum atomic E-state index is 12.8. The molecule has 9 heteroatoms. The molecular weight excluding hydrogens is 370 g/mol. The third-order valence-electron chi connectivity index (χ3n) is 4.66. The second-order valence-corrected chi connectivity index (χ2v) is 6.90. The Kier molecular flexibility index (Phi) is 6.05. The largest absolute Gasteiger partial charge is 0.466 e. The number of carbonyl (C=O) groups excluding carboxylic acids is 2. The monoisotopic (exact) mass is 391 g/mol. The van der Waals surface area contributed by atoms with Gasteiger partial charge in [0.05, 0.1) is 12.5 Å². The smallest absolute Gasteiger partial charge is 0.309 e. The van der Waals surface area contributed by atoms with Gasteiger partial charge in [0.25, 0.3) is 0 Å². The number of rotatable bonds is 5. The minimum atomic E-state index is -0.572. The van der Waals surface area contributed by atoms with E-state index in [0.717, 1.165) is 5.56 Å². The highest BCUT2D eigenvalue weighted by atomic mass is 35.5. The van der Waals surface area contributed by atoms with Gasteiger partial charge in [-0.1, -0.05) is 11.6 Å². The van der Waals surface area contributed by atoms with E-state index < -0.39 is 6.04 Å². The Labute approximate surface area is 162 Å². The zero-order valence-electron chi connectivity index (χ0n) is 15.3. The molecule has 1 aliphatic heterocycles. The Morgan fingerprint density at radius 3 is 2.56 bits per heavy atom. The van der Waals surface area contributed by atoms with Crippen LogP contribution in [0.25, 0.3) is 11.4 Å². The van der Waals surface area contributed by atoms with Crippen LogP contribution in [-0.2, 0) is 14.3 Å². The molecule has 0 bridgehead atoms. The first-order chi connectivity index (χ1) is 13.0. The van der Waals surface area contributed by atoms with Crippen LogP contribution < -0.4 is 0 Å². The van der Waals surface area contributed by atoms with E-state index in [2.05, 4.69) is 15.4 Å². The van der Waals surface area contributed by atoms with E-state index in [1.807, 2.05) is 0 Å². The SMILES string of the molecule is CCOC(=O)C1CCN(C(=O)C(C)n2nnc(-c3ccc(Cl)cc3)n2)CC1. The van der Waals surface area contributed by atoms with Crippen molar-refractivity contribution in [1.29, 1.82) is 0 Å². The number of halogens is 1. The van der Waals surface area contributed by atoms with Gasteiger partial charge in [0.15, 0.2) is 0 Å². The zero-order chi connectivity index (χ0) is 19.4. The molecule has 8 nitrogen and oxygen atoms in total. The van der Waals surface area contributed by atoms with Gasteiger partial charge in [0.1, 0.15) is 6.04 Å². The summed E-state index contributed by atoms with van der Waals surface area (Å²) >= 11 is 5.89. The van der Waals surface area contributed by atoms with E-state index in [0.29, 0.717) is 43.4 Å². The summed E-state index contributed by atoms with van der Waals surface area (Å²) in [5.41, 5.74) is 0.778. The number of hydrogen-bond acceptors (Lipinski definition) is 6. The van der Waals surface area contributed by atoms with Crippen LogP contribution in [0.3, 0.4) is 0 Å². The van der Waals surface area contributed by atoms with Crippen LogP contribution >= 0.6 is 11.6 Å². The van der Waals surface area contributed by atoms with Crippen molar-refractivity contribution >= 4 is 23.5 Å². The Morgan fingerprint density at radius 1 is 1.26 bits per heavy atom. The number of carbonyl (C=O) groups is 2. The molecule has 2 heterocycles. The molecule has 1 aromatic heterocycles. The van der Waals surface area contributed by atoms with E-state index in [-0.39, 0.29) is 17.8 Å². The molecule has 1 amide bonds. The van der Waals surface area contributed by atoms with Crippen molar-refractivity contribution in [2.24, 2.45) is 5.92 Å². The lowest BCUT2D eigenvalue weighted by molar-refractivity contribution is -0.151. The normalized spacial score (nSPS) is 16.2. The number of hydrogen-bond donors (Lipinski definition) is 0. The summed E-state index contributed by atoms with van der Waals surface area (Å²) in [6, 6.07) is 6.53. The second kappa shape index (κ2) is 8.47. The Hall–Kier alpha value is -2.48. The van der Waals surface area contributed by atoms with Crippen molar-refractivity contribution in [2.45, 2.75) is 32.7 Å². The fourth-order valence-corrected chi connectivity index (χ4v) is 3.19. The summed E-state index contributed by atoms with van der Waals surface area (Å²) in [4.78, 5) is 27.6. The third kappa shape index (κ3) is 4.44. The summed E-state index contributed by atoms with van der Waals surface area (Å²) in [6.07, 6.45) is 1.22. The van der Waals surface area contributed by atoms with Gasteiger partial charge in [-0.25, -0.2) is 0 Å². The summed E-state index contributed by atoms with van der Waals surface area (Å²) in [6.45, 7) is 4.95. The molecule has 1 atom stereocenters. The predicted molar refractivity (Wildman–Crippen MR) is 98.9 cm³/mol. The standard InChI is InChI=1S/C18H22ClN5O3/c1-3-27-18(26)14-8-10-23(11-9-14)17(25)12(2)24-21-16(20-22-24)13-4-6-15(19)7-5-13/h4-7,12,14H,3,8-11H2,1-2H3. The molecule has 144 valence electrons. The molecule has 0 aliphatic carbocycles. The maximum Gasteiger partial charge on any atom is 0.309 e. The van der Waals surface area contributed by atoms with Crippen molar-refractivity contribution in [1.82, 2.24) is 25.1 Å². The van der Waals surface area contributed by atoms with Gasteiger partial charge in [-0.05, 0) is 56.2 Å². The molecule has 2 aromatic rings. The molecule has 0 saturated carbocycles. The van der Waals surface area contributed by atoms with E-state index in [4.69, 9.17) is 16.3 Å². The summed E-state index contributed by atoms with van der Waals surface area (Å²) in [5, 5.41) is 13.0. The number of ether oxygens (including phenoxy) is 1. The van der Waals surface area contributed by atoms with Gasteiger partial charge in [0.2, 0.25) is 11.7 Å². The molecule has 0 N–H and O–H groups in total. The lowest BCUT2D eigenvalue weighted by atomic mass is 9.96. The molecule has 0 radical (unpaired) electrons. The van der Waals surface area contributed by atoms with Crippen molar-refractivity contribution in [3.63, 3.8) is 0 Å². The highest BCUT2D eigenvalue weighted by molar-refractivity contribution is 6.30. The molecule has 1 aliphatic rings. The van der Waals surface area contributed by atoms with E-state index in [1.165, 1.54) is 4.80 Å². The number of amides is 1. The topological polar surface area (TPSA) is 90.2 Å². The number of piperidine rings is 1. The minimum Gasteiger partial charge on any atom is -0.466 e. The van der Waals surface area contributed by atoms with Gasteiger partial charge in [-0.15, -0.1) is 10.2 Å². The second-order valence-electron chi connectivity index (χ2n) is 6.47. The van der Waals surface area contributed by atoms with Crippen LogP contribution in [0.15, 0.2) is 24.3 Å². The van der Waals surface area contributed by atoms with Gasteiger partial charge >= 0.3 is 5.97 Å². The van der Waals surface area contributed by atoms with E-state index in [1.54, 1.807) is 43.0 Å². The van der Waals surface area contributed by atoms with E-state index in [9.17, 15) is 9.59 Å². The van der Waals surface area contributed by atoms with Crippen molar-refractivity contribution in [2.75, 3.05) is 19.7 Å². The molecule has 27 heavy (non-hydrogen) atoms.